The molecule has 0 saturated carbocycles. The predicted octanol–water partition coefficient (Wildman–Crippen LogP) is 7.66. The van der Waals surface area contributed by atoms with E-state index in [0.717, 1.165) is 42.6 Å². The normalized spacial score (nSPS) is 14.8. The zero-order valence-corrected chi connectivity index (χ0v) is 22.1. The molecule has 0 aliphatic rings. The van der Waals surface area contributed by atoms with Gasteiger partial charge in [-0.3, -0.25) is 0 Å². The molecule has 0 saturated heterocycles. The monoisotopic (exact) mass is 460 g/mol. The maximum Gasteiger partial charge on any atom is 0.404 e. The third-order valence-electron chi connectivity index (χ3n) is 5.11. The highest BCUT2D eigenvalue weighted by Gasteiger charge is 2.31. The maximum absolute atomic E-state index is 9.52. The SMILES string of the molecule is CCCCC(CC)COP(Oc1c(C(C)(C)C)cc(C)cc1C(C)(C)C)OP(O)O. The van der Waals surface area contributed by atoms with E-state index >= 15 is 0 Å². The third kappa shape index (κ3) is 9.07. The van der Waals surface area contributed by atoms with Gasteiger partial charge in [-0.2, -0.15) is 0 Å². The molecule has 1 rings (SSSR count). The summed E-state index contributed by atoms with van der Waals surface area (Å²) in [5, 5.41) is 0. The van der Waals surface area contributed by atoms with Gasteiger partial charge in [-0.25, -0.2) is 4.31 Å². The van der Waals surface area contributed by atoms with Gasteiger partial charge in [0.25, 0.3) is 0 Å². The van der Waals surface area contributed by atoms with Gasteiger partial charge in [-0.15, -0.1) is 0 Å². The van der Waals surface area contributed by atoms with Crippen molar-refractivity contribution in [2.45, 2.75) is 98.8 Å². The fourth-order valence-electron chi connectivity index (χ4n) is 3.25. The highest BCUT2D eigenvalue weighted by atomic mass is 31.2. The highest BCUT2D eigenvalue weighted by Crippen LogP contribution is 2.54. The molecule has 174 valence electrons. The first-order chi connectivity index (χ1) is 13.8. The topological polar surface area (TPSA) is 68.2 Å². The lowest BCUT2D eigenvalue weighted by atomic mass is 9.78. The Morgan fingerprint density at radius 3 is 1.90 bits per heavy atom. The molecule has 2 unspecified atom stereocenters. The number of unbranched alkanes of at least 4 members (excludes halogenated alkanes) is 1. The van der Waals surface area contributed by atoms with Crippen molar-refractivity contribution in [3.05, 3.63) is 28.8 Å². The van der Waals surface area contributed by atoms with E-state index < -0.39 is 17.2 Å². The van der Waals surface area contributed by atoms with Crippen molar-refractivity contribution >= 4 is 17.2 Å². The van der Waals surface area contributed by atoms with Crippen LogP contribution in [0.15, 0.2) is 12.1 Å². The van der Waals surface area contributed by atoms with Crippen LogP contribution in [0.5, 0.6) is 5.75 Å². The summed E-state index contributed by atoms with van der Waals surface area (Å²) in [5.41, 5.74) is 2.98. The molecular weight excluding hydrogens is 418 g/mol. The molecule has 0 bridgehead atoms. The first-order valence-electron chi connectivity index (χ1n) is 10.9. The largest absolute Gasteiger partial charge is 0.426 e. The Morgan fingerprint density at radius 1 is 0.967 bits per heavy atom. The van der Waals surface area contributed by atoms with E-state index in [1.54, 1.807) is 0 Å². The van der Waals surface area contributed by atoms with Crippen LogP contribution in [-0.2, 0) is 19.7 Å². The summed E-state index contributed by atoms with van der Waals surface area (Å²) in [6.07, 6.45) is 4.37. The first-order valence-corrected chi connectivity index (χ1v) is 13.2. The minimum absolute atomic E-state index is 0.154. The van der Waals surface area contributed by atoms with Crippen molar-refractivity contribution in [1.29, 1.82) is 0 Å². The molecule has 1 aromatic carbocycles. The molecular formula is C23H42O5P2. The van der Waals surface area contributed by atoms with E-state index in [2.05, 4.69) is 74.4 Å². The number of hydrogen-bond donors (Lipinski definition) is 2. The molecule has 0 radical (unpaired) electrons. The molecule has 1 aromatic rings. The second kappa shape index (κ2) is 12.1. The summed E-state index contributed by atoms with van der Waals surface area (Å²) in [6, 6.07) is 4.27. The minimum atomic E-state index is -2.58. The molecule has 2 atom stereocenters. The Morgan fingerprint density at radius 2 is 1.50 bits per heavy atom. The Balaban J connectivity index is 3.27. The molecule has 0 aliphatic heterocycles. The van der Waals surface area contributed by atoms with Gasteiger partial charge in [0.1, 0.15) is 5.75 Å². The lowest BCUT2D eigenvalue weighted by molar-refractivity contribution is 0.201. The van der Waals surface area contributed by atoms with Gasteiger partial charge in [-0.1, -0.05) is 92.3 Å². The predicted molar refractivity (Wildman–Crippen MR) is 128 cm³/mol. The molecule has 0 aliphatic carbocycles. The van der Waals surface area contributed by atoms with Crippen molar-refractivity contribution in [2.75, 3.05) is 6.61 Å². The van der Waals surface area contributed by atoms with Crippen molar-refractivity contribution in [2.24, 2.45) is 5.92 Å². The van der Waals surface area contributed by atoms with Gasteiger partial charge in [0, 0.05) is 11.1 Å². The van der Waals surface area contributed by atoms with Crippen molar-refractivity contribution in [1.82, 2.24) is 0 Å². The van der Waals surface area contributed by atoms with Crippen molar-refractivity contribution in [3.63, 3.8) is 0 Å². The van der Waals surface area contributed by atoms with E-state index in [4.69, 9.17) is 13.4 Å². The molecule has 2 N–H and O–H groups in total. The number of aryl methyl sites for hydroxylation is 1. The summed E-state index contributed by atoms with van der Waals surface area (Å²) < 4.78 is 17.6. The fourth-order valence-corrected chi connectivity index (χ4v) is 4.78. The van der Waals surface area contributed by atoms with E-state index in [-0.39, 0.29) is 10.8 Å². The maximum atomic E-state index is 9.52. The lowest BCUT2D eigenvalue weighted by Gasteiger charge is -2.31. The summed E-state index contributed by atoms with van der Waals surface area (Å²) in [7, 11) is -4.52. The second-order valence-corrected chi connectivity index (χ2v) is 12.1. The summed E-state index contributed by atoms with van der Waals surface area (Å²) >= 11 is 0. The van der Waals surface area contributed by atoms with Crippen LogP contribution in [0, 0.1) is 12.8 Å². The van der Waals surface area contributed by atoms with Crippen LogP contribution in [0.3, 0.4) is 0 Å². The van der Waals surface area contributed by atoms with Crippen LogP contribution in [0.25, 0.3) is 0 Å². The zero-order chi connectivity index (χ0) is 23.1. The lowest BCUT2D eigenvalue weighted by Crippen LogP contribution is -2.20. The van der Waals surface area contributed by atoms with E-state index in [0.29, 0.717) is 12.5 Å². The molecule has 0 fully saturated rings. The Labute approximate surface area is 186 Å². The van der Waals surface area contributed by atoms with Crippen LogP contribution >= 0.6 is 17.2 Å². The highest BCUT2D eigenvalue weighted by molar-refractivity contribution is 7.54. The standard InChI is InChI=1S/C23H42O5P2/c1-10-12-13-18(11-2)16-26-30(28-29(24)25)27-21-19(22(4,5)6)14-17(3)15-20(21)23(7,8)9/h14-15,18,24-25H,10-13,16H2,1-9H3. The van der Waals surface area contributed by atoms with E-state index in [1.165, 1.54) is 5.56 Å². The molecule has 0 heterocycles. The zero-order valence-electron chi connectivity index (χ0n) is 20.3. The van der Waals surface area contributed by atoms with Gasteiger partial charge in [-0.05, 0) is 30.1 Å². The molecule has 0 amide bonds. The first kappa shape index (κ1) is 27.8. The summed E-state index contributed by atoms with van der Waals surface area (Å²) in [5.74, 6) is 1.12. The quantitative estimate of drug-likeness (QED) is 0.332. The average molecular weight is 461 g/mol. The minimum Gasteiger partial charge on any atom is -0.426 e. The number of hydrogen-bond acceptors (Lipinski definition) is 5. The van der Waals surface area contributed by atoms with Crippen LogP contribution in [0.4, 0.5) is 0 Å². The van der Waals surface area contributed by atoms with Crippen molar-refractivity contribution in [3.8, 4) is 5.75 Å². The molecule has 0 aromatic heterocycles. The Kier molecular flexibility index (Phi) is 11.2. The average Bonchev–Trinajstić information content (AvgIpc) is 2.60. The Bertz CT molecular complexity index is 615. The smallest absolute Gasteiger partial charge is 0.404 e. The van der Waals surface area contributed by atoms with Gasteiger partial charge >= 0.3 is 17.2 Å². The van der Waals surface area contributed by atoms with Gasteiger partial charge in [0.15, 0.2) is 0 Å². The number of benzene rings is 1. The van der Waals surface area contributed by atoms with E-state index in [9.17, 15) is 9.79 Å². The van der Waals surface area contributed by atoms with E-state index in [1.807, 2.05) is 0 Å². The van der Waals surface area contributed by atoms with Gasteiger partial charge in [0.05, 0.1) is 6.61 Å². The van der Waals surface area contributed by atoms with Crippen LogP contribution in [0.2, 0.25) is 0 Å². The molecule has 0 spiro atoms. The fraction of sp³-hybridized carbons (Fsp3) is 0.739. The van der Waals surface area contributed by atoms with Crippen LogP contribution in [0.1, 0.15) is 97.8 Å². The van der Waals surface area contributed by atoms with Crippen molar-refractivity contribution < 1.29 is 23.1 Å². The van der Waals surface area contributed by atoms with Gasteiger partial charge in [0.2, 0.25) is 0 Å². The summed E-state index contributed by atoms with van der Waals surface area (Å²) in [4.78, 5) is 19.0. The second-order valence-electron chi connectivity index (χ2n) is 10.1. The molecule has 30 heavy (non-hydrogen) atoms. The Hall–Kier alpha value is -0.280. The van der Waals surface area contributed by atoms with Crippen LogP contribution in [-0.4, -0.2) is 16.4 Å². The molecule has 7 heteroatoms. The molecule has 5 nitrogen and oxygen atoms in total. The number of rotatable bonds is 11. The van der Waals surface area contributed by atoms with Crippen LogP contribution < -0.4 is 4.52 Å². The third-order valence-corrected chi connectivity index (χ3v) is 6.92. The summed E-state index contributed by atoms with van der Waals surface area (Å²) in [6.45, 7) is 19.8. The van der Waals surface area contributed by atoms with Gasteiger partial charge < -0.3 is 18.8 Å².